The van der Waals surface area contributed by atoms with Crippen molar-refractivity contribution in [1.29, 1.82) is 0 Å². The Bertz CT molecular complexity index is 501. The highest BCUT2D eigenvalue weighted by Gasteiger charge is 2.75. The first-order valence-corrected chi connectivity index (χ1v) is 8.10. The second kappa shape index (κ2) is 3.81. The first-order chi connectivity index (χ1) is 10.1. The van der Waals surface area contributed by atoms with Crippen molar-refractivity contribution >= 4 is 5.97 Å². The van der Waals surface area contributed by atoms with Gasteiger partial charge in [-0.25, -0.2) is 0 Å². The lowest BCUT2D eigenvalue weighted by molar-refractivity contribution is -0.148. The minimum atomic E-state index is -0.136. The fraction of sp³-hybridized carbons (Fsp3) is 0.938. The molecule has 3 saturated heterocycles. The van der Waals surface area contributed by atoms with E-state index in [0.29, 0.717) is 18.4 Å². The first kappa shape index (κ1) is 12.9. The molecule has 0 radical (unpaired) electrons. The number of carbonyl (C=O) groups is 1. The van der Waals surface area contributed by atoms with Gasteiger partial charge >= 0.3 is 5.97 Å². The van der Waals surface area contributed by atoms with Gasteiger partial charge in [0.05, 0.1) is 36.4 Å². The van der Waals surface area contributed by atoms with Crippen molar-refractivity contribution in [2.75, 3.05) is 20.3 Å². The summed E-state index contributed by atoms with van der Waals surface area (Å²) in [6.45, 7) is 3.52. The van der Waals surface area contributed by atoms with E-state index < -0.39 is 0 Å². The van der Waals surface area contributed by atoms with Crippen molar-refractivity contribution < 1.29 is 23.7 Å². The van der Waals surface area contributed by atoms with Gasteiger partial charge in [-0.1, -0.05) is 0 Å². The Hall–Kier alpha value is -0.650. The molecule has 5 fully saturated rings. The van der Waals surface area contributed by atoms with Gasteiger partial charge in [-0.15, -0.1) is 0 Å². The maximum Gasteiger partial charge on any atom is 0.312 e. The normalized spacial score (nSPS) is 60.0. The smallest absolute Gasteiger partial charge is 0.312 e. The maximum absolute atomic E-state index is 12.3. The number of hydrogen-bond donors (Lipinski definition) is 0. The van der Waals surface area contributed by atoms with Gasteiger partial charge in [0.1, 0.15) is 6.10 Å². The van der Waals surface area contributed by atoms with E-state index in [0.717, 1.165) is 25.9 Å². The highest BCUT2D eigenvalue weighted by molar-refractivity contribution is 5.75. The van der Waals surface area contributed by atoms with Crippen LogP contribution in [-0.2, 0) is 23.7 Å². The summed E-state index contributed by atoms with van der Waals surface area (Å²) in [6, 6.07) is 0. The van der Waals surface area contributed by atoms with Crippen LogP contribution in [0.15, 0.2) is 0 Å². The second-order valence-corrected chi connectivity index (χ2v) is 7.68. The zero-order chi connectivity index (χ0) is 14.4. The molecule has 2 saturated carbocycles. The zero-order valence-electron chi connectivity index (χ0n) is 12.5. The Balaban J connectivity index is 1.54. The molecular weight excluding hydrogens is 272 g/mol. The van der Waals surface area contributed by atoms with Crippen LogP contribution in [0.2, 0.25) is 0 Å². The highest BCUT2D eigenvalue weighted by Crippen LogP contribution is 2.66. The minimum Gasteiger partial charge on any atom is -0.461 e. The van der Waals surface area contributed by atoms with E-state index in [9.17, 15) is 4.79 Å². The number of fused-ring (bicyclic) bond motifs is 6. The third kappa shape index (κ3) is 1.50. The van der Waals surface area contributed by atoms with Crippen LogP contribution in [0.4, 0.5) is 0 Å². The summed E-state index contributed by atoms with van der Waals surface area (Å²) < 4.78 is 23.1. The number of epoxide rings is 2. The largest absolute Gasteiger partial charge is 0.461 e. The summed E-state index contributed by atoms with van der Waals surface area (Å²) in [6.07, 6.45) is 3.42. The number of methoxy groups -OCH3 is 1. The summed E-state index contributed by atoms with van der Waals surface area (Å²) >= 11 is 0. The van der Waals surface area contributed by atoms with Crippen LogP contribution in [0.3, 0.4) is 0 Å². The van der Waals surface area contributed by atoms with Gasteiger partial charge in [-0.2, -0.15) is 0 Å². The van der Waals surface area contributed by atoms with Crippen molar-refractivity contribution in [3.63, 3.8) is 0 Å². The molecule has 0 unspecified atom stereocenters. The van der Waals surface area contributed by atoms with Crippen LogP contribution in [0.5, 0.6) is 0 Å². The third-order valence-electron chi connectivity index (χ3n) is 6.83. The molecule has 0 aromatic carbocycles. The number of rotatable bonds is 2. The van der Waals surface area contributed by atoms with Crippen LogP contribution in [-0.4, -0.2) is 49.7 Å². The SMILES string of the molecule is COC[C@@H]1C(=O)O[C@H]2[C@H]1C[C@H]1O[C@@]1(C)[C@@H]1CC[C@]3(CO3)[C@H]21. The molecule has 3 aliphatic heterocycles. The highest BCUT2D eigenvalue weighted by atomic mass is 16.6. The van der Waals surface area contributed by atoms with E-state index in [-0.39, 0.29) is 41.2 Å². The predicted octanol–water partition coefficient (Wildman–Crippen LogP) is 1.15. The lowest BCUT2D eigenvalue weighted by atomic mass is 9.76. The Morgan fingerprint density at radius 3 is 2.95 bits per heavy atom. The van der Waals surface area contributed by atoms with Crippen LogP contribution >= 0.6 is 0 Å². The minimum absolute atomic E-state index is 0.000810. The topological polar surface area (TPSA) is 60.6 Å². The van der Waals surface area contributed by atoms with Gasteiger partial charge in [0.15, 0.2) is 0 Å². The van der Waals surface area contributed by atoms with Crippen molar-refractivity contribution in [2.45, 2.75) is 49.6 Å². The van der Waals surface area contributed by atoms with Crippen molar-refractivity contribution in [2.24, 2.45) is 23.7 Å². The first-order valence-electron chi connectivity index (χ1n) is 8.10. The fourth-order valence-corrected chi connectivity index (χ4v) is 5.56. The average molecular weight is 294 g/mol. The Kier molecular flexibility index (Phi) is 2.33. The van der Waals surface area contributed by atoms with Crippen molar-refractivity contribution in [3.8, 4) is 0 Å². The number of carbonyl (C=O) groups excluding carboxylic acids is 1. The summed E-state index contributed by atoms with van der Waals surface area (Å²) in [5, 5.41) is 0. The summed E-state index contributed by atoms with van der Waals surface area (Å²) in [7, 11) is 1.65. The Morgan fingerprint density at radius 2 is 2.24 bits per heavy atom. The molecule has 0 bridgehead atoms. The molecule has 116 valence electrons. The number of ether oxygens (including phenoxy) is 4. The molecule has 21 heavy (non-hydrogen) atoms. The lowest BCUT2D eigenvalue weighted by Gasteiger charge is -2.31. The molecule has 0 aromatic heterocycles. The third-order valence-corrected chi connectivity index (χ3v) is 6.83. The Labute approximate surface area is 124 Å². The quantitative estimate of drug-likeness (QED) is 0.565. The van der Waals surface area contributed by atoms with E-state index in [4.69, 9.17) is 18.9 Å². The van der Waals surface area contributed by atoms with Crippen molar-refractivity contribution in [3.05, 3.63) is 0 Å². The van der Waals surface area contributed by atoms with Gasteiger partial charge < -0.3 is 18.9 Å². The molecule has 0 amide bonds. The molecule has 1 spiro atoms. The van der Waals surface area contributed by atoms with Gasteiger partial charge in [0, 0.05) is 18.9 Å². The number of esters is 1. The summed E-state index contributed by atoms with van der Waals surface area (Å²) in [4.78, 5) is 12.3. The van der Waals surface area contributed by atoms with Crippen LogP contribution in [0.25, 0.3) is 0 Å². The number of hydrogen-bond acceptors (Lipinski definition) is 5. The van der Waals surface area contributed by atoms with Gasteiger partial charge in [-0.05, 0) is 32.1 Å². The molecule has 5 heteroatoms. The molecule has 0 aromatic rings. The summed E-state index contributed by atoms with van der Waals surface area (Å²) in [5.41, 5.74) is -0.0475. The van der Waals surface area contributed by atoms with E-state index in [1.807, 2.05) is 0 Å². The summed E-state index contributed by atoms with van der Waals surface area (Å²) in [5.74, 6) is 0.777. The fourth-order valence-electron chi connectivity index (χ4n) is 5.56. The lowest BCUT2D eigenvalue weighted by Crippen LogP contribution is -2.40. The van der Waals surface area contributed by atoms with Crippen LogP contribution in [0, 0.1) is 23.7 Å². The molecule has 5 nitrogen and oxygen atoms in total. The van der Waals surface area contributed by atoms with Crippen LogP contribution < -0.4 is 0 Å². The molecule has 5 aliphatic rings. The van der Waals surface area contributed by atoms with E-state index in [1.54, 1.807) is 7.11 Å². The predicted molar refractivity (Wildman–Crippen MR) is 71.5 cm³/mol. The standard InChI is InChI=1S/C16H22O5/c1-15-10-3-4-16(7-19-16)12(10)13-8(5-11(15)21-15)9(6-18-2)14(17)20-13/h8-13H,3-7H2,1-2H3/t8-,9-,10+,11+,12-,13-,15-,16-/m0/s1. The molecule has 0 N–H and O–H groups in total. The maximum atomic E-state index is 12.3. The molecule has 5 rings (SSSR count). The Morgan fingerprint density at radius 1 is 1.43 bits per heavy atom. The van der Waals surface area contributed by atoms with Gasteiger partial charge in [0.2, 0.25) is 0 Å². The molecule has 8 atom stereocenters. The molecule has 3 heterocycles. The van der Waals surface area contributed by atoms with Gasteiger partial charge in [0.25, 0.3) is 0 Å². The van der Waals surface area contributed by atoms with E-state index in [2.05, 4.69) is 6.92 Å². The van der Waals surface area contributed by atoms with Gasteiger partial charge in [-0.3, -0.25) is 4.79 Å². The zero-order valence-corrected chi connectivity index (χ0v) is 12.5. The van der Waals surface area contributed by atoms with E-state index in [1.165, 1.54) is 0 Å². The monoisotopic (exact) mass is 294 g/mol. The second-order valence-electron chi connectivity index (χ2n) is 7.68. The van der Waals surface area contributed by atoms with Crippen molar-refractivity contribution in [1.82, 2.24) is 0 Å². The molecular formula is C16H22O5. The average Bonchev–Trinajstić information content (AvgIpc) is 3.26. The van der Waals surface area contributed by atoms with Crippen LogP contribution in [0.1, 0.15) is 26.2 Å². The molecule has 2 aliphatic carbocycles. The van der Waals surface area contributed by atoms with E-state index >= 15 is 0 Å².